The lowest BCUT2D eigenvalue weighted by molar-refractivity contribution is -0.645. The van der Waals surface area contributed by atoms with Gasteiger partial charge in [0.2, 0.25) is 0 Å². The van der Waals surface area contributed by atoms with Crippen molar-refractivity contribution in [3.63, 3.8) is 0 Å². The number of benzene rings is 3. The molecule has 0 radical (unpaired) electrons. The molecule has 0 saturated heterocycles. The monoisotopic (exact) mass is 519 g/mol. The van der Waals surface area contributed by atoms with Crippen molar-refractivity contribution < 1.29 is 14.2 Å². The number of imide groups is 1. The Balaban J connectivity index is 1.36. The molecular weight excluding hydrogens is 500 g/mol. The van der Waals surface area contributed by atoms with Gasteiger partial charge in [-0.05, 0) is 41.4 Å². The van der Waals surface area contributed by atoms with E-state index in [1.165, 1.54) is 4.90 Å². The van der Waals surface area contributed by atoms with E-state index >= 15 is 0 Å². The standard InChI is InChI=1S/C25H20BrN4O2S/c26-14-18-15-33-25-29(17-8-2-1-3-9-17)21(27-30(18)25)12-13-28-23(31)19-10-4-6-16-7-5-11-20(22(16)19)24(28)32/h1-11,18H,12-15H2/q+1. The molecule has 2 aliphatic heterocycles. The van der Waals surface area contributed by atoms with Crippen molar-refractivity contribution in [2.24, 2.45) is 0 Å². The molecule has 3 heterocycles. The SMILES string of the molecule is O=C1c2cccc3cccc(c23)C(=O)N1CCc1nn2c([n+]1-c1ccccc1)SCC2CBr. The highest BCUT2D eigenvalue weighted by molar-refractivity contribution is 9.09. The molecule has 1 atom stereocenters. The number of carbonyl (C=O) groups excluding carboxylic acids is 2. The van der Waals surface area contributed by atoms with E-state index in [1.807, 2.05) is 42.5 Å². The van der Waals surface area contributed by atoms with Crippen LogP contribution in [0.15, 0.2) is 71.9 Å². The summed E-state index contributed by atoms with van der Waals surface area (Å²) < 4.78 is 4.22. The highest BCUT2D eigenvalue weighted by Crippen LogP contribution is 2.33. The van der Waals surface area contributed by atoms with E-state index in [1.54, 1.807) is 23.9 Å². The van der Waals surface area contributed by atoms with E-state index in [4.69, 9.17) is 5.10 Å². The Bertz CT molecular complexity index is 1370. The third kappa shape index (κ3) is 3.23. The van der Waals surface area contributed by atoms with Gasteiger partial charge in [-0.2, -0.15) is 4.57 Å². The first-order chi connectivity index (χ1) is 16.2. The molecule has 0 bridgehead atoms. The predicted molar refractivity (Wildman–Crippen MR) is 130 cm³/mol. The fourth-order valence-electron chi connectivity index (χ4n) is 4.64. The fourth-order valence-corrected chi connectivity index (χ4v) is 6.71. The van der Waals surface area contributed by atoms with Crippen LogP contribution in [-0.4, -0.2) is 44.1 Å². The molecule has 6 nitrogen and oxygen atoms in total. The predicted octanol–water partition coefficient (Wildman–Crippen LogP) is 4.19. The van der Waals surface area contributed by atoms with Crippen molar-refractivity contribution in [3.05, 3.63) is 83.7 Å². The molecule has 0 aliphatic carbocycles. The molecule has 1 unspecified atom stereocenters. The molecule has 8 heteroatoms. The first-order valence-electron chi connectivity index (χ1n) is 10.8. The lowest BCUT2D eigenvalue weighted by Crippen LogP contribution is -2.43. The Labute approximate surface area is 203 Å². The number of para-hydroxylation sites is 1. The number of carbonyl (C=O) groups is 2. The number of thioether (sulfide) groups is 1. The summed E-state index contributed by atoms with van der Waals surface area (Å²) in [6.07, 6.45) is 0.472. The third-order valence-corrected chi connectivity index (χ3v) is 8.15. The first-order valence-corrected chi connectivity index (χ1v) is 12.9. The van der Waals surface area contributed by atoms with Gasteiger partial charge in [0.25, 0.3) is 17.6 Å². The van der Waals surface area contributed by atoms with Crippen LogP contribution in [0.3, 0.4) is 0 Å². The van der Waals surface area contributed by atoms with Crippen molar-refractivity contribution in [3.8, 4) is 5.69 Å². The van der Waals surface area contributed by atoms with Crippen molar-refractivity contribution in [2.75, 3.05) is 17.6 Å². The molecular formula is C25H20BrN4O2S+. The van der Waals surface area contributed by atoms with Crippen LogP contribution in [0, 0.1) is 0 Å². The average molecular weight is 520 g/mol. The molecule has 0 saturated carbocycles. The summed E-state index contributed by atoms with van der Waals surface area (Å²) in [5.41, 5.74) is 2.20. The number of nitrogens with zero attached hydrogens (tertiary/aromatic N) is 4. The van der Waals surface area contributed by atoms with Crippen LogP contribution in [0.1, 0.15) is 32.6 Å². The molecule has 0 fully saturated rings. The number of hydrogen-bond donors (Lipinski definition) is 0. The molecule has 3 aromatic carbocycles. The molecule has 164 valence electrons. The first kappa shape index (κ1) is 20.6. The van der Waals surface area contributed by atoms with Crippen LogP contribution in [-0.2, 0) is 6.42 Å². The van der Waals surface area contributed by atoms with Crippen molar-refractivity contribution in [1.82, 2.24) is 14.7 Å². The van der Waals surface area contributed by atoms with E-state index in [2.05, 4.69) is 37.3 Å². The highest BCUT2D eigenvalue weighted by atomic mass is 79.9. The summed E-state index contributed by atoms with van der Waals surface area (Å²) >= 11 is 5.38. The maximum Gasteiger partial charge on any atom is 0.301 e. The molecule has 6 rings (SSSR count). The Hall–Kier alpha value is -2.97. The van der Waals surface area contributed by atoms with Crippen molar-refractivity contribution in [2.45, 2.75) is 17.6 Å². The second-order valence-corrected chi connectivity index (χ2v) is 9.79. The van der Waals surface area contributed by atoms with E-state index < -0.39 is 0 Å². The topological polar surface area (TPSA) is 59.1 Å². The summed E-state index contributed by atoms with van der Waals surface area (Å²) in [6, 6.07) is 21.6. The Kier molecular flexibility index (Phi) is 5.07. The van der Waals surface area contributed by atoms with E-state index in [-0.39, 0.29) is 24.4 Å². The third-order valence-electron chi connectivity index (χ3n) is 6.23. The minimum atomic E-state index is -0.241. The number of halogens is 1. The Morgan fingerprint density at radius 1 is 0.970 bits per heavy atom. The lowest BCUT2D eigenvalue weighted by Gasteiger charge is -2.26. The van der Waals surface area contributed by atoms with Gasteiger partial charge in [-0.15, -0.1) is 0 Å². The largest absolute Gasteiger partial charge is 0.301 e. The van der Waals surface area contributed by atoms with Crippen molar-refractivity contribution >= 4 is 50.3 Å². The van der Waals surface area contributed by atoms with Crippen molar-refractivity contribution in [1.29, 1.82) is 0 Å². The molecule has 33 heavy (non-hydrogen) atoms. The number of amides is 2. The van der Waals surface area contributed by atoms with Crippen LogP contribution >= 0.6 is 27.7 Å². The van der Waals surface area contributed by atoms with Crippen LogP contribution in [0.5, 0.6) is 0 Å². The Morgan fingerprint density at radius 3 is 2.33 bits per heavy atom. The smallest absolute Gasteiger partial charge is 0.274 e. The summed E-state index contributed by atoms with van der Waals surface area (Å²) in [7, 11) is 0. The van der Waals surface area contributed by atoms with Gasteiger partial charge in [0.05, 0.1) is 6.42 Å². The maximum absolute atomic E-state index is 13.3. The number of hydrogen-bond acceptors (Lipinski definition) is 4. The number of fused-ring (bicyclic) bond motifs is 1. The van der Waals surface area contributed by atoms with Crippen LogP contribution in [0.4, 0.5) is 0 Å². The van der Waals surface area contributed by atoms with Gasteiger partial charge in [-0.1, -0.05) is 63.1 Å². The zero-order chi connectivity index (χ0) is 22.5. The average Bonchev–Trinajstić information content (AvgIpc) is 3.41. The zero-order valence-corrected chi connectivity index (χ0v) is 20.1. The summed E-state index contributed by atoms with van der Waals surface area (Å²) in [4.78, 5) is 27.9. The minimum absolute atomic E-state index is 0.241. The van der Waals surface area contributed by atoms with Gasteiger partial charge in [-0.3, -0.25) is 14.5 Å². The summed E-state index contributed by atoms with van der Waals surface area (Å²) in [5, 5.41) is 8.48. The van der Waals surface area contributed by atoms with Gasteiger partial charge in [0, 0.05) is 39.2 Å². The second kappa shape index (κ2) is 8.11. The highest BCUT2D eigenvalue weighted by Gasteiger charge is 2.39. The molecule has 0 N–H and O–H groups in total. The normalized spacial score (nSPS) is 17.1. The van der Waals surface area contributed by atoms with E-state index in [0.717, 1.165) is 38.5 Å². The summed E-state index contributed by atoms with van der Waals surface area (Å²) in [5.74, 6) is 1.32. The van der Waals surface area contributed by atoms with Crippen LogP contribution in [0.2, 0.25) is 0 Å². The van der Waals surface area contributed by atoms with Crippen LogP contribution < -0.4 is 4.57 Å². The Morgan fingerprint density at radius 2 is 1.67 bits per heavy atom. The van der Waals surface area contributed by atoms with Gasteiger partial charge >= 0.3 is 5.16 Å². The van der Waals surface area contributed by atoms with Crippen LogP contribution in [0.25, 0.3) is 16.5 Å². The summed E-state index contributed by atoms with van der Waals surface area (Å²) in [6.45, 7) is 0.273. The quantitative estimate of drug-likeness (QED) is 0.225. The molecule has 2 aliphatic rings. The second-order valence-electron chi connectivity index (χ2n) is 8.15. The van der Waals surface area contributed by atoms with Gasteiger partial charge in [-0.25, -0.2) is 0 Å². The van der Waals surface area contributed by atoms with E-state index in [0.29, 0.717) is 17.5 Å². The fraction of sp³-hybridized carbons (Fsp3) is 0.200. The van der Waals surface area contributed by atoms with Gasteiger partial charge in [0.1, 0.15) is 11.7 Å². The molecule has 4 aromatic rings. The molecule has 0 spiro atoms. The number of alkyl halides is 1. The van der Waals surface area contributed by atoms with Gasteiger partial charge < -0.3 is 0 Å². The lowest BCUT2D eigenvalue weighted by atomic mass is 9.94. The number of rotatable bonds is 5. The zero-order valence-electron chi connectivity index (χ0n) is 17.6. The minimum Gasteiger partial charge on any atom is -0.274 e. The van der Waals surface area contributed by atoms with Gasteiger partial charge in [0.15, 0.2) is 0 Å². The molecule has 2 amide bonds. The number of aromatic nitrogens is 3. The van der Waals surface area contributed by atoms with E-state index in [9.17, 15) is 9.59 Å². The maximum atomic E-state index is 13.3. The molecule has 1 aromatic heterocycles.